The summed E-state index contributed by atoms with van der Waals surface area (Å²) in [6, 6.07) is 0. The van der Waals surface area contributed by atoms with E-state index < -0.39 is 15.9 Å². The van der Waals surface area contributed by atoms with E-state index >= 15 is 0 Å². The molecular weight excluding hydrogens is 235 g/mol. The molecule has 0 fully saturated rings. The summed E-state index contributed by atoms with van der Waals surface area (Å²) in [6.45, 7) is 1.78. The second-order valence-electron chi connectivity index (χ2n) is 2.53. The van der Waals surface area contributed by atoms with Crippen LogP contribution in [0.25, 0.3) is 0 Å². The van der Waals surface area contributed by atoms with Crippen molar-refractivity contribution in [1.29, 1.82) is 0 Å². The molecule has 4 nitrogen and oxygen atoms in total. The van der Waals surface area contributed by atoms with Crippen molar-refractivity contribution in [3.05, 3.63) is 16.3 Å². The van der Waals surface area contributed by atoms with Crippen LogP contribution in [-0.4, -0.2) is 25.3 Å². The monoisotopic (exact) mass is 244 g/mol. The van der Waals surface area contributed by atoms with Crippen LogP contribution in [0, 0.1) is 6.92 Å². The van der Waals surface area contributed by atoms with Crippen molar-refractivity contribution in [2.75, 3.05) is 12.4 Å². The minimum atomic E-state index is -4.16. The molecule has 1 aromatic heterocycles. The molecule has 0 saturated heterocycles. The van der Waals surface area contributed by atoms with Gasteiger partial charge in [0.25, 0.3) is 0 Å². The Morgan fingerprint density at radius 1 is 1.50 bits per heavy atom. The second-order valence-corrected chi connectivity index (χ2v) is 4.80. The van der Waals surface area contributed by atoms with Crippen LogP contribution in [0.15, 0.2) is 10.8 Å². The Labute approximate surface area is 109 Å². The van der Waals surface area contributed by atoms with E-state index in [0.717, 1.165) is 5.56 Å². The minimum absolute atomic E-state index is 0. The molecule has 0 aliphatic rings. The van der Waals surface area contributed by atoms with Gasteiger partial charge in [-0.2, -0.15) is 0 Å². The van der Waals surface area contributed by atoms with Crippen molar-refractivity contribution >= 4 is 21.5 Å². The van der Waals surface area contributed by atoms with E-state index in [4.69, 9.17) is 4.74 Å². The summed E-state index contributed by atoms with van der Waals surface area (Å²) in [5, 5.41) is 3.66. The molecule has 1 rings (SSSR count). The van der Waals surface area contributed by atoms with E-state index in [1.165, 1.54) is 11.3 Å². The fourth-order valence-corrected chi connectivity index (χ4v) is 1.80. The van der Waals surface area contributed by atoms with Gasteiger partial charge in [-0.25, -0.2) is 8.42 Å². The van der Waals surface area contributed by atoms with E-state index in [2.05, 4.69) is 0 Å². The Kier molecular flexibility index (Phi) is 6.27. The summed E-state index contributed by atoms with van der Waals surface area (Å²) in [5.41, 5.74) is 0.952. The van der Waals surface area contributed by atoms with Gasteiger partial charge in [-0.15, -0.1) is 11.3 Å². The maximum atomic E-state index is 10.2. The molecule has 0 N–H and O–H groups in total. The Balaban J connectivity index is 0.00000169. The van der Waals surface area contributed by atoms with Crippen LogP contribution in [0.5, 0.6) is 5.75 Å². The van der Waals surface area contributed by atoms with Crippen molar-refractivity contribution in [1.82, 2.24) is 0 Å². The molecule has 0 amide bonds. The third-order valence-corrected chi connectivity index (χ3v) is 2.91. The predicted octanol–water partition coefficient (Wildman–Crippen LogP) is -2.02. The Morgan fingerprint density at radius 3 is 2.57 bits per heavy atom. The summed E-state index contributed by atoms with van der Waals surface area (Å²) in [7, 11) is -4.16. The first-order chi connectivity index (χ1) is 5.99. The van der Waals surface area contributed by atoms with Crippen molar-refractivity contribution < 1.29 is 47.3 Å². The van der Waals surface area contributed by atoms with E-state index in [1.54, 1.807) is 5.38 Å². The molecular formula is C7H9NaO4S2. The zero-order valence-corrected chi connectivity index (χ0v) is 11.7. The van der Waals surface area contributed by atoms with Gasteiger partial charge in [0, 0.05) is 10.9 Å². The molecule has 0 aliphatic carbocycles. The average Bonchev–Trinajstić information content (AvgIpc) is 2.34. The first kappa shape index (κ1) is 14.4. The fraction of sp³-hybridized carbons (Fsp3) is 0.429. The average molecular weight is 244 g/mol. The molecule has 74 valence electrons. The van der Waals surface area contributed by atoms with Gasteiger partial charge in [0.15, 0.2) is 0 Å². The molecule has 0 radical (unpaired) electrons. The van der Waals surface area contributed by atoms with Gasteiger partial charge in [0.1, 0.15) is 12.4 Å². The Hall–Kier alpha value is 0.410. The fourth-order valence-electron chi connectivity index (χ4n) is 0.750. The van der Waals surface area contributed by atoms with Crippen molar-refractivity contribution in [3.8, 4) is 5.75 Å². The molecule has 1 heterocycles. The predicted molar refractivity (Wildman–Crippen MR) is 49.1 cm³/mol. The summed E-state index contributed by atoms with van der Waals surface area (Å²) >= 11 is 1.47. The van der Waals surface area contributed by atoms with Crippen LogP contribution < -0.4 is 34.3 Å². The molecule has 0 spiro atoms. The number of aryl methyl sites for hydroxylation is 1. The van der Waals surface area contributed by atoms with E-state index in [-0.39, 0.29) is 36.2 Å². The van der Waals surface area contributed by atoms with Gasteiger partial charge < -0.3 is 9.29 Å². The van der Waals surface area contributed by atoms with Crippen LogP contribution in [0.2, 0.25) is 0 Å². The SMILES string of the molecule is Cc1cscc1OCCS(=O)(=O)[O-].[Na+]. The van der Waals surface area contributed by atoms with Crippen LogP contribution in [0.4, 0.5) is 0 Å². The van der Waals surface area contributed by atoms with Gasteiger partial charge in [-0.3, -0.25) is 0 Å². The van der Waals surface area contributed by atoms with Gasteiger partial charge in [-0.1, -0.05) is 0 Å². The molecule has 0 atom stereocenters. The summed E-state index contributed by atoms with van der Waals surface area (Å²) < 4.78 is 35.7. The molecule has 1 aromatic rings. The van der Waals surface area contributed by atoms with E-state index in [0.29, 0.717) is 5.75 Å². The van der Waals surface area contributed by atoms with Crippen LogP contribution in [0.3, 0.4) is 0 Å². The normalized spacial score (nSPS) is 10.7. The molecule has 0 aromatic carbocycles. The molecule has 14 heavy (non-hydrogen) atoms. The van der Waals surface area contributed by atoms with Gasteiger partial charge in [-0.05, 0) is 12.3 Å². The summed E-state index contributed by atoms with van der Waals surface area (Å²) in [5.74, 6) is 0.163. The number of hydrogen-bond acceptors (Lipinski definition) is 5. The topological polar surface area (TPSA) is 66.4 Å². The third-order valence-electron chi connectivity index (χ3n) is 1.40. The maximum absolute atomic E-state index is 10.2. The quantitative estimate of drug-likeness (QED) is 0.453. The molecule has 0 bridgehead atoms. The Morgan fingerprint density at radius 2 is 2.14 bits per heavy atom. The smallest absolute Gasteiger partial charge is 0.748 e. The van der Waals surface area contributed by atoms with Crippen molar-refractivity contribution in [2.45, 2.75) is 6.92 Å². The van der Waals surface area contributed by atoms with E-state index in [9.17, 15) is 13.0 Å². The summed E-state index contributed by atoms with van der Waals surface area (Å²) in [6.07, 6.45) is 0. The van der Waals surface area contributed by atoms with Crippen LogP contribution in [-0.2, 0) is 10.1 Å². The van der Waals surface area contributed by atoms with Gasteiger partial charge in [0.05, 0.1) is 15.9 Å². The van der Waals surface area contributed by atoms with E-state index in [1.807, 2.05) is 12.3 Å². The molecule has 0 aliphatic heterocycles. The largest absolute Gasteiger partial charge is 1.00 e. The first-order valence-corrected chi connectivity index (χ1v) is 6.10. The number of hydrogen-bond donors (Lipinski definition) is 0. The van der Waals surface area contributed by atoms with Crippen molar-refractivity contribution in [3.63, 3.8) is 0 Å². The van der Waals surface area contributed by atoms with Crippen LogP contribution >= 0.6 is 11.3 Å². The van der Waals surface area contributed by atoms with Gasteiger partial charge in [0.2, 0.25) is 0 Å². The third kappa shape index (κ3) is 5.33. The molecule has 7 heteroatoms. The molecule has 0 unspecified atom stereocenters. The van der Waals surface area contributed by atoms with Crippen molar-refractivity contribution in [2.24, 2.45) is 0 Å². The summed E-state index contributed by atoms with van der Waals surface area (Å²) in [4.78, 5) is 0. The number of ether oxygens (including phenoxy) is 1. The Bertz CT molecular complexity index is 371. The second kappa shape index (κ2) is 6.09. The zero-order chi connectivity index (χ0) is 9.90. The maximum Gasteiger partial charge on any atom is 1.00 e. The minimum Gasteiger partial charge on any atom is -0.748 e. The van der Waals surface area contributed by atoms with Gasteiger partial charge >= 0.3 is 29.6 Å². The number of rotatable bonds is 4. The molecule has 0 saturated carbocycles. The number of thiophene rings is 1. The zero-order valence-electron chi connectivity index (χ0n) is 8.02. The van der Waals surface area contributed by atoms with Crippen LogP contribution in [0.1, 0.15) is 5.56 Å². The first-order valence-electron chi connectivity index (χ1n) is 3.58. The standard InChI is InChI=1S/C7H10O4S2.Na/c1-6-4-12-5-7(6)11-2-3-13(8,9)10;/h4-5H,2-3H2,1H3,(H,8,9,10);/q;+1/p-1.